The molecular formula is C16H26N2S. The Bertz CT molecular complexity index is 390. The third-order valence-electron chi connectivity index (χ3n) is 3.96. The van der Waals surface area contributed by atoms with Crippen LogP contribution in [0.3, 0.4) is 0 Å². The number of rotatable bonds is 4. The van der Waals surface area contributed by atoms with Gasteiger partial charge in [-0.1, -0.05) is 43.7 Å². The second kappa shape index (κ2) is 6.78. The molecule has 1 saturated heterocycles. The van der Waals surface area contributed by atoms with Crippen LogP contribution in [0.4, 0.5) is 0 Å². The van der Waals surface area contributed by atoms with Crippen molar-refractivity contribution in [1.29, 1.82) is 0 Å². The Kier molecular flexibility index (Phi) is 5.31. The SMILES string of the molecule is CCC(N)C(c1ccc(C)cc1)N1CCSC(C)C1. The zero-order chi connectivity index (χ0) is 13.8. The largest absolute Gasteiger partial charge is 0.326 e. The van der Waals surface area contributed by atoms with Crippen LogP contribution in [-0.4, -0.2) is 35.0 Å². The molecule has 1 aromatic rings. The summed E-state index contributed by atoms with van der Waals surface area (Å²) in [5.41, 5.74) is 9.10. The van der Waals surface area contributed by atoms with Gasteiger partial charge in [-0.15, -0.1) is 0 Å². The summed E-state index contributed by atoms with van der Waals surface area (Å²) in [4.78, 5) is 2.58. The lowest BCUT2D eigenvalue weighted by Crippen LogP contribution is -2.46. The standard InChI is InChI=1S/C16H26N2S/c1-4-15(17)16(14-7-5-12(2)6-8-14)18-9-10-19-13(3)11-18/h5-8,13,15-16H,4,9-11,17H2,1-3H3. The molecule has 0 bridgehead atoms. The number of thioether (sulfide) groups is 1. The molecule has 0 spiro atoms. The topological polar surface area (TPSA) is 29.3 Å². The Morgan fingerprint density at radius 3 is 2.63 bits per heavy atom. The van der Waals surface area contributed by atoms with Crippen molar-refractivity contribution in [1.82, 2.24) is 4.90 Å². The summed E-state index contributed by atoms with van der Waals surface area (Å²) in [5.74, 6) is 1.22. The average molecular weight is 278 g/mol. The lowest BCUT2D eigenvalue weighted by molar-refractivity contribution is 0.177. The fourth-order valence-electron chi connectivity index (χ4n) is 2.81. The number of aryl methyl sites for hydroxylation is 1. The summed E-state index contributed by atoms with van der Waals surface area (Å²) in [5, 5.41) is 0.714. The normalized spacial score (nSPS) is 24.1. The molecule has 1 aliphatic heterocycles. The third-order valence-corrected chi connectivity index (χ3v) is 5.10. The van der Waals surface area contributed by atoms with Crippen LogP contribution in [0.2, 0.25) is 0 Å². The Balaban J connectivity index is 2.22. The molecular weight excluding hydrogens is 252 g/mol. The van der Waals surface area contributed by atoms with Gasteiger partial charge in [0.05, 0.1) is 0 Å². The zero-order valence-electron chi connectivity index (χ0n) is 12.3. The van der Waals surface area contributed by atoms with Crippen molar-refractivity contribution in [3.05, 3.63) is 35.4 Å². The minimum Gasteiger partial charge on any atom is -0.326 e. The van der Waals surface area contributed by atoms with Crippen molar-refractivity contribution >= 4 is 11.8 Å². The predicted molar refractivity (Wildman–Crippen MR) is 85.7 cm³/mol. The van der Waals surface area contributed by atoms with Crippen molar-refractivity contribution in [3.63, 3.8) is 0 Å². The van der Waals surface area contributed by atoms with Gasteiger partial charge in [-0.25, -0.2) is 0 Å². The molecule has 1 fully saturated rings. The van der Waals surface area contributed by atoms with E-state index in [1.54, 1.807) is 0 Å². The summed E-state index contributed by atoms with van der Waals surface area (Å²) in [6, 6.07) is 9.50. The van der Waals surface area contributed by atoms with Crippen LogP contribution in [0.15, 0.2) is 24.3 Å². The van der Waals surface area contributed by atoms with E-state index in [9.17, 15) is 0 Å². The Morgan fingerprint density at radius 1 is 1.37 bits per heavy atom. The number of nitrogens with zero attached hydrogens (tertiary/aromatic N) is 1. The van der Waals surface area contributed by atoms with E-state index < -0.39 is 0 Å². The maximum Gasteiger partial charge on any atom is 0.0499 e. The van der Waals surface area contributed by atoms with Gasteiger partial charge < -0.3 is 5.73 Å². The summed E-state index contributed by atoms with van der Waals surface area (Å²) < 4.78 is 0. The molecule has 3 atom stereocenters. The van der Waals surface area contributed by atoms with Gasteiger partial charge >= 0.3 is 0 Å². The van der Waals surface area contributed by atoms with Crippen LogP contribution >= 0.6 is 11.8 Å². The van der Waals surface area contributed by atoms with Crippen LogP contribution in [-0.2, 0) is 0 Å². The van der Waals surface area contributed by atoms with Crippen molar-refractivity contribution < 1.29 is 0 Å². The first-order chi connectivity index (χ1) is 9.11. The van der Waals surface area contributed by atoms with E-state index in [0.717, 1.165) is 19.5 Å². The van der Waals surface area contributed by atoms with Gasteiger partial charge in [0.25, 0.3) is 0 Å². The molecule has 2 rings (SSSR count). The molecule has 1 aliphatic rings. The Labute approximate surface area is 121 Å². The summed E-state index contributed by atoms with van der Waals surface area (Å²) in [7, 11) is 0. The van der Waals surface area contributed by atoms with Crippen molar-refractivity contribution in [3.8, 4) is 0 Å². The van der Waals surface area contributed by atoms with E-state index >= 15 is 0 Å². The van der Waals surface area contributed by atoms with Gasteiger partial charge in [0.2, 0.25) is 0 Å². The van der Waals surface area contributed by atoms with E-state index in [-0.39, 0.29) is 6.04 Å². The van der Waals surface area contributed by atoms with E-state index in [0.29, 0.717) is 11.3 Å². The first kappa shape index (κ1) is 14.9. The van der Waals surface area contributed by atoms with Crippen LogP contribution in [0.5, 0.6) is 0 Å². The summed E-state index contributed by atoms with van der Waals surface area (Å²) in [6.07, 6.45) is 1.02. The second-order valence-electron chi connectivity index (χ2n) is 5.60. The highest BCUT2D eigenvalue weighted by molar-refractivity contribution is 7.99. The first-order valence-corrected chi connectivity index (χ1v) is 8.34. The highest BCUT2D eigenvalue weighted by Gasteiger charge is 2.28. The van der Waals surface area contributed by atoms with E-state index in [2.05, 4.69) is 61.7 Å². The second-order valence-corrected chi connectivity index (χ2v) is 7.15. The predicted octanol–water partition coefficient (Wildman–Crippen LogP) is 3.21. The van der Waals surface area contributed by atoms with E-state index in [1.807, 2.05) is 0 Å². The molecule has 1 heterocycles. The third kappa shape index (κ3) is 3.74. The van der Waals surface area contributed by atoms with Gasteiger partial charge in [0, 0.05) is 36.2 Å². The van der Waals surface area contributed by atoms with Crippen LogP contribution in [0, 0.1) is 6.92 Å². The Hall–Kier alpha value is -0.510. The summed E-state index contributed by atoms with van der Waals surface area (Å²) in [6.45, 7) is 8.95. The monoisotopic (exact) mass is 278 g/mol. The van der Waals surface area contributed by atoms with Crippen LogP contribution in [0.1, 0.15) is 37.4 Å². The molecule has 0 aromatic heterocycles. The minimum absolute atomic E-state index is 0.220. The molecule has 3 unspecified atom stereocenters. The van der Waals surface area contributed by atoms with Crippen molar-refractivity contribution in [2.24, 2.45) is 5.73 Å². The Morgan fingerprint density at radius 2 is 2.05 bits per heavy atom. The van der Waals surface area contributed by atoms with Crippen molar-refractivity contribution in [2.75, 3.05) is 18.8 Å². The first-order valence-electron chi connectivity index (χ1n) is 7.29. The fraction of sp³-hybridized carbons (Fsp3) is 0.625. The number of hydrogen-bond donors (Lipinski definition) is 1. The van der Waals surface area contributed by atoms with Gasteiger partial charge in [-0.2, -0.15) is 11.8 Å². The minimum atomic E-state index is 0.220. The molecule has 3 heteroatoms. The smallest absolute Gasteiger partial charge is 0.0499 e. The summed E-state index contributed by atoms with van der Waals surface area (Å²) >= 11 is 2.07. The molecule has 0 aliphatic carbocycles. The van der Waals surface area contributed by atoms with Gasteiger partial charge in [0.15, 0.2) is 0 Å². The highest BCUT2D eigenvalue weighted by atomic mass is 32.2. The lowest BCUT2D eigenvalue weighted by atomic mass is 9.95. The molecule has 0 saturated carbocycles. The van der Waals surface area contributed by atoms with Gasteiger partial charge in [-0.3, -0.25) is 4.90 Å². The number of nitrogens with two attached hydrogens (primary N) is 1. The van der Waals surface area contributed by atoms with Crippen LogP contribution < -0.4 is 5.73 Å². The van der Waals surface area contributed by atoms with Crippen molar-refractivity contribution in [2.45, 2.75) is 44.5 Å². The molecule has 19 heavy (non-hydrogen) atoms. The molecule has 0 amide bonds. The average Bonchev–Trinajstić information content (AvgIpc) is 2.41. The number of hydrogen-bond acceptors (Lipinski definition) is 3. The van der Waals surface area contributed by atoms with Gasteiger partial charge in [-0.05, 0) is 18.9 Å². The quantitative estimate of drug-likeness (QED) is 0.917. The zero-order valence-corrected chi connectivity index (χ0v) is 13.1. The molecule has 1 aromatic carbocycles. The van der Waals surface area contributed by atoms with Gasteiger partial charge in [0.1, 0.15) is 0 Å². The molecule has 0 radical (unpaired) electrons. The van der Waals surface area contributed by atoms with Crippen LogP contribution in [0.25, 0.3) is 0 Å². The van der Waals surface area contributed by atoms with E-state index in [4.69, 9.17) is 5.73 Å². The van der Waals surface area contributed by atoms with E-state index in [1.165, 1.54) is 16.9 Å². The molecule has 2 N–H and O–H groups in total. The lowest BCUT2D eigenvalue weighted by Gasteiger charge is -2.40. The molecule has 2 nitrogen and oxygen atoms in total. The number of benzene rings is 1. The maximum atomic E-state index is 6.42. The fourth-order valence-corrected chi connectivity index (χ4v) is 3.85. The maximum absolute atomic E-state index is 6.42. The highest BCUT2D eigenvalue weighted by Crippen LogP contribution is 2.30. The molecule has 106 valence electrons.